The number of aldehydes is 1. The number of para-hydroxylation sites is 1. The van der Waals surface area contributed by atoms with Crippen LogP contribution in [-0.2, 0) is 6.61 Å². The lowest BCUT2D eigenvalue weighted by atomic mass is 10.2. The zero-order valence-electron chi connectivity index (χ0n) is 11.5. The van der Waals surface area contributed by atoms with Crippen molar-refractivity contribution in [2.45, 2.75) is 6.61 Å². The smallest absolute Gasteiger partial charge is 0.231 e. The van der Waals surface area contributed by atoms with Gasteiger partial charge in [0, 0.05) is 11.6 Å². The summed E-state index contributed by atoms with van der Waals surface area (Å²) < 4.78 is 21.5. The Kier molecular flexibility index (Phi) is 3.64. The molecular formula is C16H14O5. The van der Waals surface area contributed by atoms with Gasteiger partial charge in [-0.1, -0.05) is 18.2 Å². The van der Waals surface area contributed by atoms with Gasteiger partial charge in [-0.2, -0.15) is 0 Å². The Balaban J connectivity index is 1.83. The number of methoxy groups -OCH3 is 1. The number of rotatable bonds is 5. The number of ether oxygens (including phenoxy) is 4. The van der Waals surface area contributed by atoms with Gasteiger partial charge in [-0.25, -0.2) is 0 Å². The largest absolute Gasteiger partial charge is 0.496 e. The van der Waals surface area contributed by atoms with Crippen molar-refractivity contribution in [3.8, 4) is 23.0 Å². The predicted octanol–water partition coefficient (Wildman–Crippen LogP) is 2.82. The van der Waals surface area contributed by atoms with Gasteiger partial charge in [0.1, 0.15) is 18.1 Å². The molecule has 0 bridgehead atoms. The number of hydrogen-bond donors (Lipinski definition) is 0. The third-order valence-corrected chi connectivity index (χ3v) is 3.21. The van der Waals surface area contributed by atoms with Crippen LogP contribution >= 0.6 is 0 Å². The van der Waals surface area contributed by atoms with Gasteiger partial charge in [-0.15, -0.1) is 0 Å². The fraction of sp³-hybridized carbons (Fsp3) is 0.188. The van der Waals surface area contributed by atoms with Crippen LogP contribution in [0.3, 0.4) is 0 Å². The number of hydrogen-bond acceptors (Lipinski definition) is 5. The molecular weight excluding hydrogens is 272 g/mol. The van der Waals surface area contributed by atoms with E-state index in [2.05, 4.69) is 0 Å². The average Bonchev–Trinajstić information content (AvgIpc) is 2.99. The monoisotopic (exact) mass is 286 g/mol. The molecule has 3 rings (SSSR count). The normalized spacial score (nSPS) is 12.0. The summed E-state index contributed by atoms with van der Waals surface area (Å²) in [5, 5.41) is 0. The molecule has 2 aromatic carbocycles. The van der Waals surface area contributed by atoms with E-state index in [-0.39, 0.29) is 6.79 Å². The molecule has 1 heterocycles. The highest BCUT2D eigenvalue weighted by Crippen LogP contribution is 2.38. The van der Waals surface area contributed by atoms with Gasteiger partial charge in [0.05, 0.1) is 12.7 Å². The fourth-order valence-corrected chi connectivity index (χ4v) is 2.13. The van der Waals surface area contributed by atoms with Crippen molar-refractivity contribution in [2.75, 3.05) is 13.9 Å². The van der Waals surface area contributed by atoms with Crippen molar-refractivity contribution in [3.05, 3.63) is 47.5 Å². The molecule has 0 unspecified atom stereocenters. The van der Waals surface area contributed by atoms with Crippen LogP contribution in [0, 0.1) is 0 Å². The van der Waals surface area contributed by atoms with E-state index in [1.54, 1.807) is 19.2 Å². The van der Waals surface area contributed by atoms with Crippen LogP contribution in [0.5, 0.6) is 23.0 Å². The molecule has 21 heavy (non-hydrogen) atoms. The van der Waals surface area contributed by atoms with E-state index in [9.17, 15) is 4.79 Å². The summed E-state index contributed by atoms with van der Waals surface area (Å²) in [6.45, 7) is 0.452. The van der Waals surface area contributed by atoms with E-state index >= 15 is 0 Å². The van der Waals surface area contributed by atoms with Crippen LogP contribution in [0.25, 0.3) is 0 Å². The maximum atomic E-state index is 11.2. The Hall–Kier alpha value is -2.69. The predicted molar refractivity (Wildman–Crippen MR) is 75.3 cm³/mol. The van der Waals surface area contributed by atoms with Gasteiger partial charge in [0.2, 0.25) is 6.79 Å². The minimum absolute atomic E-state index is 0.156. The van der Waals surface area contributed by atoms with Gasteiger partial charge < -0.3 is 18.9 Å². The van der Waals surface area contributed by atoms with E-state index < -0.39 is 0 Å². The second-order valence-corrected chi connectivity index (χ2v) is 4.46. The van der Waals surface area contributed by atoms with Crippen LogP contribution in [0.1, 0.15) is 15.9 Å². The molecule has 1 aliphatic heterocycles. The standard InChI is InChI=1S/C16H14O5/c1-18-13-5-3-2-4-11(13)9-19-14-7-16-15(20-10-21-16)6-12(14)8-17/h2-8H,9-10H2,1H3. The van der Waals surface area contributed by atoms with Gasteiger partial charge in [-0.3, -0.25) is 4.79 Å². The topological polar surface area (TPSA) is 54.0 Å². The lowest BCUT2D eigenvalue weighted by Crippen LogP contribution is -2.00. The Bertz CT molecular complexity index is 666. The molecule has 0 atom stereocenters. The van der Waals surface area contributed by atoms with E-state index in [4.69, 9.17) is 18.9 Å². The van der Waals surface area contributed by atoms with Gasteiger partial charge in [-0.05, 0) is 12.1 Å². The van der Waals surface area contributed by atoms with Gasteiger partial charge in [0.25, 0.3) is 0 Å². The van der Waals surface area contributed by atoms with Crippen LogP contribution in [0.2, 0.25) is 0 Å². The van der Waals surface area contributed by atoms with Crippen LogP contribution in [-0.4, -0.2) is 20.2 Å². The first kappa shape index (κ1) is 13.3. The third kappa shape index (κ3) is 2.63. The molecule has 0 fully saturated rings. The summed E-state index contributed by atoms with van der Waals surface area (Å²) in [6, 6.07) is 10.8. The fourth-order valence-electron chi connectivity index (χ4n) is 2.13. The van der Waals surface area contributed by atoms with E-state index in [0.717, 1.165) is 17.6 Å². The molecule has 1 aliphatic rings. The molecule has 0 saturated carbocycles. The minimum Gasteiger partial charge on any atom is -0.496 e. The minimum atomic E-state index is 0.156. The lowest BCUT2D eigenvalue weighted by molar-refractivity contribution is 0.111. The molecule has 108 valence electrons. The van der Waals surface area contributed by atoms with Gasteiger partial charge in [0.15, 0.2) is 17.8 Å². The maximum absolute atomic E-state index is 11.2. The first-order valence-corrected chi connectivity index (χ1v) is 6.45. The second kappa shape index (κ2) is 5.75. The van der Waals surface area contributed by atoms with E-state index in [0.29, 0.717) is 29.4 Å². The highest BCUT2D eigenvalue weighted by Gasteiger charge is 2.18. The van der Waals surface area contributed by atoms with Crippen molar-refractivity contribution in [3.63, 3.8) is 0 Å². The summed E-state index contributed by atoms with van der Waals surface area (Å²) in [5.41, 5.74) is 1.32. The Morgan fingerprint density at radius 1 is 1.14 bits per heavy atom. The summed E-state index contributed by atoms with van der Waals surface area (Å²) in [7, 11) is 1.61. The molecule has 0 aromatic heterocycles. The molecule has 0 radical (unpaired) electrons. The number of carbonyl (C=O) groups excluding carboxylic acids is 1. The molecule has 2 aromatic rings. The summed E-state index contributed by atoms with van der Waals surface area (Å²) in [6.07, 6.45) is 0.736. The summed E-state index contributed by atoms with van der Waals surface area (Å²) in [4.78, 5) is 11.2. The highest BCUT2D eigenvalue weighted by atomic mass is 16.7. The van der Waals surface area contributed by atoms with E-state index in [1.807, 2.05) is 24.3 Å². The third-order valence-electron chi connectivity index (χ3n) is 3.21. The van der Waals surface area contributed by atoms with Crippen molar-refractivity contribution in [1.82, 2.24) is 0 Å². The molecule has 0 N–H and O–H groups in total. The van der Waals surface area contributed by atoms with E-state index in [1.165, 1.54) is 0 Å². The molecule has 0 spiro atoms. The summed E-state index contributed by atoms with van der Waals surface area (Å²) >= 11 is 0. The first-order chi connectivity index (χ1) is 10.3. The van der Waals surface area contributed by atoms with Crippen LogP contribution in [0.4, 0.5) is 0 Å². The summed E-state index contributed by atoms with van der Waals surface area (Å²) in [5.74, 6) is 2.34. The van der Waals surface area contributed by atoms with Crippen molar-refractivity contribution in [1.29, 1.82) is 0 Å². The average molecular weight is 286 g/mol. The SMILES string of the molecule is COc1ccccc1COc1cc2c(cc1C=O)OCO2. The second-order valence-electron chi connectivity index (χ2n) is 4.46. The van der Waals surface area contributed by atoms with Crippen molar-refractivity contribution < 1.29 is 23.7 Å². The maximum Gasteiger partial charge on any atom is 0.231 e. The van der Waals surface area contributed by atoms with Gasteiger partial charge >= 0.3 is 0 Å². The highest BCUT2D eigenvalue weighted by molar-refractivity contribution is 5.81. The molecule has 0 saturated heterocycles. The first-order valence-electron chi connectivity index (χ1n) is 6.45. The van der Waals surface area contributed by atoms with Crippen LogP contribution in [0.15, 0.2) is 36.4 Å². The molecule has 0 amide bonds. The Morgan fingerprint density at radius 3 is 2.67 bits per heavy atom. The quantitative estimate of drug-likeness (QED) is 0.791. The zero-order chi connectivity index (χ0) is 14.7. The molecule has 5 nitrogen and oxygen atoms in total. The van der Waals surface area contributed by atoms with Crippen molar-refractivity contribution in [2.24, 2.45) is 0 Å². The van der Waals surface area contributed by atoms with Crippen LogP contribution < -0.4 is 18.9 Å². The number of fused-ring (bicyclic) bond motifs is 1. The zero-order valence-corrected chi connectivity index (χ0v) is 11.5. The number of benzene rings is 2. The molecule has 5 heteroatoms. The Labute approximate surface area is 122 Å². The molecule has 0 aliphatic carbocycles. The lowest BCUT2D eigenvalue weighted by Gasteiger charge is -2.12. The number of carbonyl (C=O) groups is 1. The Morgan fingerprint density at radius 2 is 1.90 bits per heavy atom. The van der Waals surface area contributed by atoms with Crippen molar-refractivity contribution >= 4 is 6.29 Å².